The minimum absolute atomic E-state index is 0.0803. The van der Waals surface area contributed by atoms with Gasteiger partial charge in [-0.15, -0.1) is 11.8 Å². The second-order valence-electron chi connectivity index (χ2n) is 6.45. The topological polar surface area (TPSA) is 119 Å². The van der Waals surface area contributed by atoms with E-state index in [2.05, 4.69) is 14.8 Å². The van der Waals surface area contributed by atoms with E-state index in [1.807, 2.05) is 13.8 Å². The Morgan fingerprint density at radius 2 is 1.72 bits per heavy atom. The quantitative estimate of drug-likeness (QED) is 0.624. The van der Waals surface area contributed by atoms with Crippen LogP contribution in [0.1, 0.15) is 41.0 Å². The summed E-state index contributed by atoms with van der Waals surface area (Å²) < 4.78 is 36.9. The average Bonchev–Trinajstić information content (AvgIpc) is 3.23. The summed E-state index contributed by atoms with van der Waals surface area (Å²) in [5.41, 5.74) is -0.220. The highest BCUT2D eigenvalue weighted by molar-refractivity contribution is 8.00. The summed E-state index contributed by atoms with van der Waals surface area (Å²) in [4.78, 5) is 36.2. The predicted octanol–water partition coefficient (Wildman–Crippen LogP) is 1.24. The van der Waals surface area contributed by atoms with Gasteiger partial charge in [0.1, 0.15) is 6.04 Å². The monoisotopic (exact) mass is 444 g/mol. The SMILES string of the molecule is CCC(C)NC(=O)C1CSCN1S(=O)(=O)c1cc(C(=O)OC)cc(C(=O)OC)c1. The summed E-state index contributed by atoms with van der Waals surface area (Å²) in [5.74, 6) is -1.59. The fourth-order valence-corrected chi connectivity index (χ4v) is 5.89. The van der Waals surface area contributed by atoms with Crippen molar-refractivity contribution in [1.29, 1.82) is 0 Å². The molecule has 0 radical (unpaired) electrons. The van der Waals surface area contributed by atoms with Crippen molar-refractivity contribution in [2.24, 2.45) is 0 Å². The molecule has 29 heavy (non-hydrogen) atoms. The zero-order valence-corrected chi connectivity index (χ0v) is 18.3. The Morgan fingerprint density at radius 3 is 2.21 bits per heavy atom. The summed E-state index contributed by atoms with van der Waals surface area (Å²) in [6.45, 7) is 3.75. The van der Waals surface area contributed by atoms with Crippen LogP contribution in [-0.4, -0.2) is 68.5 Å². The van der Waals surface area contributed by atoms with Crippen LogP contribution in [0.15, 0.2) is 23.1 Å². The molecule has 0 aromatic heterocycles. The van der Waals surface area contributed by atoms with Crippen LogP contribution in [0.3, 0.4) is 0 Å². The molecule has 9 nitrogen and oxygen atoms in total. The number of carbonyl (C=O) groups is 3. The number of hydrogen-bond acceptors (Lipinski definition) is 8. The maximum atomic E-state index is 13.3. The van der Waals surface area contributed by atoms with Gasteiger partial charge in [-0.25, -0.2) is 18.0 Å². The zero-order valence-electron chi connectivity index (χ0n) is 16.6. The van der Waals surface area contributed by atoms with Crippen molar-refractivity contribution in [1.82, 2.24) is 9.62 Å². The first kappa shape index (κ1) is 23.2. The van der Waals surface area contributed by atoms with Crippen LogP contribution >= 0.6 is 11.8 Å². The normalized spacial score (nSPS) is 18.1. The van der Waals surface area contributed by atoms with E-state index in [0.717, 1.165) is 30.7 Å². The standard InChI is InChI=1S/C18H24N2O7S2/c1-5-11(2)19-16(21)15-9-28-10-20(15)29(24,25)14-7-12(17(22)26-3)6-13(8-14)18(23)27-4/h6-8,11,15H,5,9-10H2,1-4H3,(H,19,21). The van der Waals surface area contributed by atoms with Crippen molar-refractivity contribution in [3.8, 4) is 0 Å². The van der Waals surface area contributed by atoms with Crippen LogP contribution in [0.4, 0.5) is 0 Å². The van der Waals surface area contributed by atoms with Crippen LogP contribution in [-0.2, 0) is 24.3 Å². The van der Waals surface area contributed by atoms with Gasteiger partial charge >= 0.3 is 11.9 Å². The summed E-state index contributed by atoms with van der Waals surface area (Å²) in [6, 6.07) is 2.47. The van der Waals surface area contributed by atoms with Gasteiger partial charge in [0.15, 0.2) is 0 Å². The van der Waals surface area contributed by atoms with Crippen LogP contribution in [0, 0.1) is 0 Å². The van der Waals surface area contributed by atoms with Gasteiger partial charge in [0.2, 0.25) is 15.9 Å². The van der Waals surface area contributed by atoms with Crippen LogP contribution in [0.25, 0.3) is 0 Å². The van der Waals surface area contributed by atoms with E-state index in [-0.39, 0.29) is 33.8 Å². The Kier molecular flexibility index (Phi) is 7.66. The van der Waals surface area contributed by atoms with Gasteiger partial charge in [0, 0.05) is 11.8 Å². The first-order valence-corrected chi connectivity index (χ1v) is 11.5. The van der Waals surface area contributed by atoms with Gasteiger partial charge in [-0.1, -0.05) is 6.92 Å². The molecule has 2 unspecified atom stereocenters. The highest BCUT2D eigenvalue weighted by Crippen LogP contribution is 2.30. The summed E-state index contributed by atoms with van der Waals surface area (Å²) >= 11 is 1.31. The number of methoxy groups -OCH3 is 2. The molecule has 1 heterocycles. The number of sulfonamides is 1. The largest absolute Gasteiger partial charge is 0.465 e. The summed E-state index contributed by atoms with van der Waals surface area (Å²) in [6.07, 6.45) is 0.710. The van der Waals surface area contributed by atoms with Crippen molar-refractivity contribution >= 4 is 39.6 Å². The molecule has 1 aliphatic heterocycles. The lowest BCUT2D eigenvalue weighted by Gasteiger charge is -2.24. The summed E-state index contributed by atoms with van der Waals surface area (Å²) in [5, 5.41) is 2.80. The number of esters is 2. The highest BCUT2D eigenvalue weighted by atomic mass is 32.2. The zero-order chi connectivity index (χ0) is 21.8. The van der Waals surface area contributed by atoms with Crippen molar-refractivity contribution in [2.45, 2.75) is 37.2 Å². The molecule has 1 fully saturated rings. The minimum Gasteiger partial charge on any atom is -0.465 e. The smallest absolute Gasteiger partial charge is 0.337 e. The number of carbonyl (C=O) groups excluding carboxylic acids is 3. The van der Waals surface area contributed by atoms with E-state index >= 15 is 0 Å². The van der Waals surface area contributed by atoms with E-state index < -0.39 is 28.0 Å². The van der Waals surface area contributed by atoms with E-state index in [9.17, 15) is 22.8 Å². The fraction of sp³-hybridized carbons (Fsp3) is 0.500. The molecule has 1 aromatic rings. The van der Waals surface area contributed by atoms with Gasteiger partial charge in [0.05, 0.1) is 36.1 Å². The maximum Gasteiger partial charge on any atom is 0.337 e. The minimum atomic E-state index is -4.17. The summed E-state index contributed by atoms with van der Waals surface area (Å²) in [7, 11) is -1.87. The molecule has 0 bridgehead atoms. The van der Waals surface area contributed by atoms with Gasteiger partial charge in [-0.3, -0.25) is 4.79 Å². The van der Waals surface area contributed by atoms with E-state index in [0.29, 0.717) is 12.2 Å². The van der Waals surface area contributed by atoms with Gasteiger partial charge in [-0.05, 0) is 31.5 Å². The van der Waals surface area contributed by atoms with Crippen LogP contribution in [0.2, 0.25) is 0 Å². The molecule has 1 aliphatic rings. The number of ether oxygens (including phenoxy) is 2. The Hall–Kier alpha value is -2.11. The molecule has 2 rings (SSSR count). The third-order valence-electron chi connectivity index (χ3n) is 4.50. The lowest BCUT2D eigenvalue weighted by molar-refractivity contribution is -0.124. The molecule has 11 heteroatoms. The Morgan fingerprint density at radius 1 is 1.17 bits per heavy atom. The van der Waals surface area contributed by atoms with E-state index in [1.54, 1.807) is 0 Å². The number of amides is 1. The first-order valence-electron chi connectivity index (χ1n) is 8.87. The number of nitrogens with one attached hydrogen (secondary N) is 1. The number of nitrogens with zero attached hydrogens (tertiary/aromatic N) is 1. The van der Waals surface area contributed by atoms with Gasteiger partial charge in [0.25, 0.3) is 0 Å². The molecule has 0 saturated carbocycles. The lowest BCUT2D eigenvalue weighted by atomic mass is 10.1. The average molecular weight is 445 g/mol. The predicted molar refractivity (Wildman–Crippen MR) is 107 cm³/mol. The van der Waals surface area contributed by atoms with Crippen LogP contribution < -0.4 is 5.32 Å². The molecular weight excluding hydrogens is 420 g/mol. The number of benzene rings is 1. The van der Waals surface area contributed by atoms with Crippen molar-refractivity contribution < 1.29 is 32.3 Å². The third-order valence-corrected chi connectivity index (χ3v) is 7.51. The van der Waals surface area contributed by atoms with Gasteiger partial charge < -0.3 is 14.8 Å². The molecule has 1 saturated heterocycles. The van der Waals surface area contributed by atoms with Crippen LogP contribution in [0.5, 0.6) is 0 Å². The Labute approximate surface area is 174 Å². The Bertz CT molecular complexity index is 867. The Balaban J connectivity index is 2.46. The molecule has 1 amide bonds. The van der Waals surface area contributed by atoms with Gasteiger partial charge in [-0.2, -0.15) is 4.31 Å². The third kappa shape index (κ3) is 5.09. The van der Waals surface area contributed by atoms with Crippen molar-refractivity contribution in [3.63, 3.8) is 0 Å². The van der Waals surface area contributed by atoms with E-state index in [1.165, 1.54) is 17.8 Å². The second kappa shape index (κ2) is 9.59. The fourth-order valence-electron chi connectivity index (χ4n) is 2.67. The number of hydrogen-bond donors (Lipinski definition) is 1. The molecule has 2 atom stereocenters. The molecule has 0 spiro atoms. The molecule has 160 valence electrons. The molecular formula is C18H24N2O7S2. The maximum absolute atomic E-state index is 13.3. The van der Waals surface area contributed by atoms with Crippen molar-refractivity contribution in [3.05, 3.63) is 29.3 Å². The second-order valence-corrected chi connectivity index (χ2v) is 9.35. The highest BCUT2D eigenvalue weighted by Gasteiger charge is 2.40. The number of thioether (sulfide) groups is 1. The molecule has 0 aliphatic carbocycles. The molecule has 1 aromatic carbocycles. The van der Waals surface area contributed by atoms with E-state index in [4.69, 9.17) is 0 Å². The molecule has 1 N–H and O–H groups in total. The van der Waals surface area contributed by atoms with Crippen molar-refractivity contribution in [2.75, 3.05) is 25.8 Å². The number of rotatable bonds is 7. The first-order chi connectivity index (χ1) is 13.6. The lowest BCUT2D eigenvalue weighted by Crippen LogP contribution is -2.49.